The summed E-state index contributed by atoms with van der Waals surface area (Å²) in [5.41, 5.74) is 0. The Balaban J connectivity index is 4.28. The quantitative estimate of drug-likeness (QED) is 0.428. The molecule has 0 saturated carbocycles. The third kappa shape index (κ3) is 7.79. The van der Waals surface area contributed by atoms with Crippen molar-refractivity contribution in [3.63, 3.8) is 0 Å². The Morgan fingerprint density at radius 2 is 2.12 bits per heavy atom. The second-order valence-electron chi connectivity index (χ2n) is 3.79. The Hall–Kier alpha value is -1.04. The Bertz CT molecular complexity index is 250. The lowest BCUT2D eigenvalue weighted by Gasteiger charge is -2.22. The molecule has 0 rings (SSSR count). The summed E-state index contributed by atoms with van der Waals surface area (Å²) in [4.78, 5) is 0. The van der Waals surface area contributed by atoms with E-state index in [4.69, 9.17) is 15.9 Å². The molecule has 0 amide bonds. The molecule has 2 nitrogen and oxygen atoms in total. The lowest BCUT2D eigenvalue weighted by atomic mass is 10.1. The molecule has 0 unspecified atom stereocenters. The summed E-state index contributed by atoms with van der Waals surface area (Å²) in [6.07, 6.45) is 14.0. The summed E-state index contributed by atoms with van der Waals surface area (Å²) < 4.78 is 11.3. The Kier molecular flexibility index (Phi) is 10.7. The second-order valence-corrected chi connectivity index (χ2v) is 3.79. The standard InChI is InChI=1S/C15H24O2/c1-5-9-11-15(17-13-10-6-2)14(8-4)16-12-7-3/h4,6-7,10,14-15H,3,5,9,11-13H2,1-2H3/b10-6+/t14-,15-/m0/s1. The molecule has 0 heterocycles. The molecule has 0 aliphatic carbocycles. The van der Waals surface area contributed by atoms with Crippen molar-refractivity contribution >= 4 is 0 Å². The van der Waals surface area contributed by atoms with Crippen LogP contribution >= 0.6 is 0 Å². The summed E-state index contributed by atoms with van der Waals surface area (Å²) in [6, 6.07) is 0. The highest BCUT2D eigenvalue weighted by Crippen LogP contribution is 2.12. The molecule has 0 fully saturated rings. The first kappa shape index (κ1) is 16.0. The Morgan fingerprint density at radius 3 is 2.65 bits per heavy atom. The molecule has 0 aliphatic rings. The summed E-state index contributed by atoms with van der Waals surface area (Å²) in [5, 5.41) is 0. The van der Waals surface area contributed by atoms with E-state index < -0.39 is 0 Å². The van der Waals surface area contributed by atoms with Crippen LogP contribution in [0.3, 0.4) is 0 Å². The van der Waals surface area contributed by atoms with E-state index >= 15 is 0 Å². The number of allylic oxidation sites excluding steroid dienone is 1. The summed E-state index contributed by atoms with van der Waals surface area (Å²) in [7, 11) is 0. The van der Waals surface area contributed by atoms with Crippen LogP contribution in [0.4, 0.5) is 0 Å². The van der Waals surface area contributed by atoms with E-state index in [2.05, 4.69) is 19.4 Å². The van der Waals surface area contributed by atoms with Crippen molar-refractivity contribution in [2.45, 2.75) is 45.3 Å². The molecule has 17 heavy (non-hydrogen) atoms. The van der Waals surface area contributed by atoms with E-state index in [0.29, 0.717) is 13.2 Å². The average Bonchev–Trinajstić information content (AvgIpc) is 2.36. The van der Waals surface area contributed by atoms with Gasteiger partial charge in [0.2, 0.25) is 0 Å². The van der Waals surface area contributed by atoms with Gasteiger partial charge in [-0.25, -0.2) is 0 Å². The zero-order valence-corrected chi connectivity index (χ0v) is 11.0. The maximum atomic E-state index is 5.75. The van der Waals surface area contributed by atoms with Crippen LogP contribution in [0, 0.1) is 12.3 Å². The van der Waals surface area contributed by atoms with Gasteiger partial charge in [-0.15, -0.1) is 13.0 Å². The molecule has 0 bridgehead atoms. The topological polar surface area (TPSA) is 18.5 Å². The average molecular weight is 236 g/mol. The zero-order valence-electron chi connectivity index (χ0n) is 11.0. The van der Waals surface area contributed by atoms with E-state index in [-0.39, 0.29) is 12.2 Å². The monoisotopic (exact) mass is 236 g/mol. The molecule has 0 aromatic heterocycles. The predicted molar refractivity (Wildman–Crippen MR) is 72.8 cm³/mol. The van der Waals surface area contributed by atoms with Crippen LogP contribution in [0.15, 0.2) is 24.8 Å². The lowest BCUT2D eigenvalue weighted by Crippen LogP contribution is -2.31. The number of ether oxygens (including phenoxy) is 2. The number of terminal acetylenes is 1. The van der Waals surface area contributed by atoms with Gasteiger partial charge in [-0.3, -0.25) is 0 Å². The van der Waals surface area contributed by atoms with Crippen LogP contribution in [0.5, 0.6) is 0 Å². The number of hydrogen-bond donors (Lipinski definition) is 0. The van der Waals surface area contributed by atoms with Gasteiger partial charge in [0.1, 0.15) is 6.10 Å². The van der Waals surface area contributed by atoms with Gasteiger partial charge in [0.25, 0.3) is 0 Å². The van der Waals surface area contributed by atoms with Crippen LogP contribution in [0.25, 0.3) is 0 Å². The van der Waals surface area contributed by atoms with Crippen LogP contribution < -0.4 is 0 Å². The highest BCUT2D eigenvalue weighted by molar-refractivity contribution is 5.00. The first-order chi connectivity index (χ1) is 8.29. The number of unbranched alkanes of at least 4 members (excludes halogenated alkanes) is 1. The predicted octanol–water partition coefficient (Wildman–Crippen LogP) is 3.34. The third-order valence-electron chi connectivity index (χ3n) is 2.38. The number of hydrogen-bond acceptors (Lipinski definition) is 2. The van der Waals surface area contributed by atoms with Crippen LogP contribution in [-0.2, 0) is 9.47 Å². The SMILES string of the molecule is C#C[C@H](OCC=C)[C@H](CCCC)OC/C=C/C. The van der Waals surface area contributed by atoms with E-state index in [1.807, 2.05) is 19.1 Å². The molecule has 2 atom stereocenters. The zero-order chi connectivity index (χ0) is 12.9. The highest BCUT2D eigenvalue weighted by atomic mass is 16.5. The summed E-state index contributed by atoms with van der Waals surface area (Å²) in [6.45, 7) is 8.79. The maximum absolute atomic E-state index is 5.75. The van der Waals surface area contributed by atoms with Crippen molar-refractivity contribution in [3.8, 4) is 12.3 Å². The highest BCUT2D eigenvalue weighted by Gasteiger charge is 2.19. The number of rotatable bonds is 10. The van der Waals surface area contributed by atoms with Crippen LogP contribution in [-0.4, -0.2) is 25.4 Å². The molecular weight excluding hydrogens is 212 g/mol. The lowest BCUT2D eigenvalue weighted by molar-refractivity contribution is -0.0355. The normalized spacial score (nSPS) is 14.4. The first-order valence-corrected chi connectivity index (χ1v) is 6.21. The van der Waals surface area contributed by atoms with E-state index in [1.54, 1.807) is 6.08 Å². The van der Waals surface area contributed by atoms with E-state index in [9.17, 15) is 0 Å². The van der Waals surface area contributed by atoms with Crippen molar-refractivity contribution in [3.05, 3.63) is 24.8 Å². The van der Waals surface area contributed by atoms with Crippen molar-refractivity contribution in [2.75, 3.05) is 13.2 Å². The summed E-state index contributed by atoms with van der Waals surface area (Å²) >= 11 is 0. The van der Waals surface area contributed by atoms with Gasteiger partial charge in [-0.05, 0) is 13.3 Å². The molecule has 0 aliphatic heterocycles. The third-order valence-corrected chi connectivity index (χ3v) is 2.38. The molecule has 0 radical (unpaired) electrons. The van der Waals surface area contributed by atoms with Gasteiger partial charge >= 0.3 is 0 Å². The van der Waals surface area contributed by atoms with E-state index in [1.165, 1.54) is 0 Å². The minimum atomic E-state index is -0.287. The smallest absolute Gasteiger partial charge is 0.144 e. The van der Waals surface area contributed by atoms with Gasteiger partial charge in [0, 0.05) is 0 Å². The van der Waals surface area contributed by atoms with Gasteiger partial charge in [-0.1, -0.05) is 43.9 Å². The summed E-state index contributed by atoms with van der Waals surface area (Å²) in [5.74, 6) is 2.65. The minimum absolute atomic E-state index is 0.0314. The minimum Gasteiger partial charge on any atom is -0.370 e. The Labute approximate surface area is 106 Å². The van der Waals surface area contributed by atoms with Gasteiger partial charge in [0.15, 0.2) is 0 Å². The van der Waals surface area contributed by atoms with Crippen molar-refractivity contribution in [2.24, 2.45) is 0 Å². The van der Waals surface area contributed by atoms with Gasteiger partial charge < -0.3 is 9.47 Å². The fourth-order valence-electron chi connectivity index (χ4n) is 1.44. The molecule has 0 aromatic carbocycles. The van der Waals surface area contributed by atoms with E-state index in [0.717, 1.165) is 19.3 Å². The molecule has 0 N–H and O–H groups in total. The van der Waals surface area contributed by atoms with Gasteiger partial charge in [-0.2, -0.15) is 0 Å². The van der Waals surface area contributed by atoms with Crippen molar-refractivity contribution in [1.29, 1.82) is 0 Å². The van der Waals surface area contributed by atoms with Crippen molar-refractivity contribution in [1.82, 2.24) is 0 Å². The first-order valence-electron chi connectivity index (χ1n) is 6.21. The molecule has 0 aromatic rings. The fourth-order valence-corrected chi connectivity index (χ4v) is 1.44. The fraction of sp³-hybridized carbons (Fsp3) is 0.600. The van der Waals surface area contributed by atoms with Crippen molar-refractivity contribution < 1.29 is 9.47 Å². The maximum Gasteiger partial charge on any atom is 0.144 e. The largest absolute Gasteiger partial charge is 0.370 e. The van der Waals surface area contributed by atoms with Crippen LogP contribution in [0.2, 0.25) is 0 Å². The Morgan fingerprint density at radius 1 is 1.35 bits per heavy atom. The van der Waals surface area contributed by atoms with Gasteiger partial charge in [0.05, 0.1) is 19.3 Å². The molecule has 0 saturated heterocycles. The van der Waals surface area contributed by atoms with Crippen LogP contribution in [0.1, 0.15) is 33.1 Å². The second kappa shape index (κ2) is 11.4. The molecule has 2 heteroatoms. The molecular formula is C15H24O2. The molecule has 96 valence electrons. The molecule has 0 spiro atoms.